The Morgan fingerprint density at radius 2 is 1.83 bits per heavy atom. The minimum Gasteiger partial charge on any atom is -0.504 e. The summed E-state index contributed by atoms with van der Waals surface area (Å²) >= 11 is 0. The van der Waals surface area contributed by atoms with E-state index in [9.17, 15) is 19.1 Å². The summed E-state index contributed by atoms with van der Waals surface area (Å²) in [5.74, 6) is -4.50. The number of halogens is 1. The second-order valence-corrected chi connectivity index (χ2v) is 4.96. The number of aliphatic carboxylic acids is 1. The second-order valence-electron chi connectivity index (χ2n) is 4.96. The van der Waals surface area contributed by atoms with Gasteiger partial charge in [0.15, 0.2) is 5.75 Å². The van der Waals surface area contributed by atoms with Gasteiger partial charge >= 0.3 is 11.8 Å². The molecule has 0 atom stereocenters. The smallest absolute Gasteiger partial charge is 0.380 e. The zero-order chi connectivity index (χ0) is 17.3. The van der Waals surface area contributed by atoms with Gasteiger partial charge in [-0.1, -0.05) is 18.2 Å². The van der Waals surface area contributed by atoms with Crippen LogP contribution in [0.25, 0.3) is 11.0 Å². The number of ether oxygens (including phenoxy) is 1. The highest BCUT2D eigenvalue weighted by atomic mass is 19.1. The lowest BCUT2D eigenvalue weighted by molar-refractivity contribution is -0.131. The van der Waals surface area contributed by atoms with Crippen LogP contribution in [0.3, 0.4) is 0 Å². The van der Waals surface area contributed by atoms with Gasteiger partial charge in [-0.2, -0.15) is 0 Å². The first-order valence-electron chi connectivity index (χ1n) is 6.86. The number of aromatic hydroxyl groups is 1. The van der Waals surface area contributed by atoms with Gasteiger partial charge in [-0.05, 0) is 29.8 Å². The van der Waals surface area contributed by atoms with Crippen LogP contribution >= 0.6 is 0 Å². The maximum atomic E-state index is 12.9. The van der Waals surface area contributed by atoms with E-state index in [1.54, 1.807) is 18.2 Å². The molecule has 0 fully saturated rings. The first-order chi connectivity index (χ1) is 11.5. The molecule has 0 saturated heterocycles. The molecule has 24 heavy (non-hydrogen) atoms. The van der Waals surface area contributed by atoms with Crippen LogP contribution in [0.15, 0.2) is 46.9 Å². The molecule has 3 aromatic rings. The molecule has 1 aromatic heterocycles. The number of fused-ring (bicyclic) bond motifs is 1. The van der Waals surface area contributed by atoms with Crippen LogP contribution < -0.4 is 4.74 Å². The molecule has 0 saturated carbocycles. The summed E-state index contributed by atoms with van der Waals surface area (Å²) in [6.07, 6.45) is 0. The SMILES string of the molecule is O=C(O)C(=O)c1oc2cccc(OCc3ccc(F)cc3)c2c1O. The van der Waals surface area contributed by atoms with Gasteiger partial charge in [-0.3, -0.25) is 4.79 Å². The second kappa shape index (κ2) is 6.04. The number of hydrogen-bond acceptors (Lipinski definition) is 5. The molecule has 3 rings (SSSR count). The quantitative estimate of drug-likeness (QED) is 0.551. The van der Waals surface area contributed by atoms with Crippen molar-refractivity contribution in [1.29, 1.82) is 0 Å². The van der Waals surface area contributed by atoms with E-state index in [0.717, 1.165) is 0 Å². The average Bonchev–Trinajstić information content (AvgIpc) is 2.91. The number of rotatable bonds is 5. The summed E-state index contributed by atoms with van der Waals surface area (Å²) in [7, 11) is 0. The Kier molecular flexibility index (Phi) is 3.91. The lowest BCUT2D eigenvalue weighted by atomic mass is 10.2. The number of carboxylic acid groups (broad SMARTS) is 1. The maximum absolute atomic E-state index is 12.9. The number of carbonyl (C=O) groups excluding carboxylic acids is 1. The monoisotopic (exact) mass is 330 g/mol. The molecule has 0 spiro atoms. The molecule has 1 heterocycles. The molecule has 0 aliphatic heterocycles. The van der Waals surface area contributed by atoms with Crippen molar-refractivity contribution in [2.75, 3.05) is 0 Å². The van der Waals surface area contributed by atoms with Crippen molar-refractivity contribution in [3.05, 3.63) is 59.6 Å². The molecule has 6 nitrogen and oxygen atoms in total. The van der Waals surface area contributed by atoms with Crippen molar-refractivity contribution in [3.63, 3.8) is 0 Å². The molecular formula is C17H11FO6. The number of carboxylic acids is 1. The van der Waals surface area contributed by atoms with E-state index in [4.69, 9.17) is 14.3 Å². The molecule has 0 amide bonds. The predicted molar refractivity (Wildman–Crippen MR) is 80.6 cm³/mol. The number of hydrogen-bond donors (Lipinski definition) is 2. The highest BCUT2D eigenvalue weighted by Crippen LogP contribution is 2.39. The number of benzene rings is 2. The van der Waals surface area contributed by atoms with Crippen LogP contribution in [0.5, 0.6) is 11.5 Å². The lowest BCUT2D eigenvalue weighted by Crippen LogP contribution is -2.11. The third kappa shape index (κ3) is 2.79. The van der Waals surface area contributed by atoms with Gasteiger partial charge in [0, 0.05) is 0 Å². The van der Waals surface area contributed by atoms with E-state index in [1.165, 1.54) is 24.3 Å². The van der Waals surface area contributed by atoms with E-state index in [2.05, 4.69) is 0 Å². The fraction of sp³-hybridized carbons (Fsp3) is 0.0588. The summed E-state index contributed by atoms with van der Waals surface area (Å²) in [4.78, 5) is 22.3. The van der Waals surface area contributed by atoms with Crippen LogP contribution in [0.1, 0.15) is 16.1 Å². The fourth-order valence-corrected chi connectivity index (χ4v) is 2.21. The Morgan fingerprint density at radius 3 is 2.50 bits per heavy atom. The molecule has 122 valence electrons. The zero-order valence-corrected chi connectivity index (χ0v) is 12.2. The summed E-state index contributed by atoms with van der Waals surface area (Å²) < 4.78 is 23.6. The predicted octanol–water partition coefficient (Wildman–Crippen LogP) is 3.12. The summed E-state index contributed by atoms with van der Waals surface area (Å²) in [6.45, 7) is 0.0895. The molecule has 7 heteroatoms. The number of carbonyl (C=O) groups is 2. The largest absolute Gasteiger partial charge is 0.504 e. The average molecular weight is 330 g/mol. The summed E-state index contributed by atoms with van der Waals surface area (Å²) in [5, 5.41) is 19.0. The highest BCUT2D eigenvalue weighted by molar-refractivity contribution is 6.40. The van der Waals surface area contributed by atoms with Crippen LogP contribution in [-0.2, 0) is 11.4 Å². The van der Waals surface area contributed by atoms with Crippen molar-refractivity contribution in [1.82, 2.24) is 0 Å². The molecule has 0 aliphatic carbocycles. The topological polar surface area (TPSA) is 97.0 Å². The fourth-order valence-electron chi connectivity index (χ4n) is 2.21. The molecule has 0 aliphatic rings. The Balaban J connectivity index is 1.95. The van der Waals surface area contributed by atoms with Gasteiger partial charge in [-0.25, -0.2) is 9.18 Å². The molecule has 0 unspecified atom stereocenters. The van der Waals surface area contributed by atoms with Gasteiger partial charge < -0.3 is 19.4 Å². The van der Waals surface area contributed by atoms with Crippen molar-refractivity contribution >= 4 is 22.7 Å². The summed E-state index contributed by atoms with van der Waals surface area (Å²) in [5.41, 5.74) is 0.812. The molecular weight excluding hydrogens is 319 g/mol. The molecule has 2 aromatic carbocycles. The highest BCUT2D eigenvalue weighted by Gasteiger charge is 2.27. The normalized spacial score (nSPS) is 10.7. The minimum atomic E-state index is -1.74. The minimum absolute atomic E-state index is 0.0895. The van der Waals surface area contributed by atoms with Gasteiger partial charge in [0.1, 0.15) is 29.1 Å². The van der Waals surface area contributed by atoms with E-state index in [1.807, 2.05) is 0 Å². The van der Waals surface area contributed by atoms with Crippen molar-refractivity contribution in [2.24, 2.45) is 0 Å². The van der Waals surface area contributed by atoms with Gasteiger partial charge in [0.2, 0.25) is 5.76 Å². The van der Waals surface area contributed by atoms with Crippen LogP contribution in [0.4, 0.5) is 4.39 Å². The molecule has 0 radical (unpaired) electrons. The Hall–Kier alpha value is -3.35. The standard InChI is InChI=1S/C17H11FO6/c18-10-6-4-9(5-7-10)8-23-11-2-1-3-12-13(11)14(19)16(24-12)15(20)17(21)22/h1-7,19H,8H2,(H,21,22). The van der Waals surface area contributed by atoms with Crippen LogP contribution in [-0.4, -0.2) is 22.0 Å². The summed E-state index contributed by atoms with van der Waals surface area (Å²) in [6, 6.07) is 10.2. The maximum Gasteiger partial charge on any atom is 0.380 e. The first-order valence-corrected chi connectivity index (χ1v) is 6.86. The van der Waals surface area contributed by atoms with E-state index < -0.39 is 23.3 Å². The third-order valence-corrected chi connectivity index (χ3v) is 3.36. The van der Waals surface area contributed by atoms with E-state index in [0.29, 0.717) is 5.56 Å². The molecule has 2 N–H and O–H groups in total. The van der Waals surface area contributed by atoms with Crippen molar-refractivity contribution < 1.29 is 33.3 Å². The van der Waals surface area contributed by atoms with E-state index in [-0.39, 0.29) is 29.1 Å². The Labute approximate surface area is 134 Å². The third-order valence-electron chi connectivity index (χ3n) is 3.36. The van der Waals surface area contributed by atoms with Gasteiger partial charge in [-0.15, -0.1) is 0 Å². The lowest BCUT2D eigenvalue weighted by Gasteiger charge is -2.07. The van der Waals surface area contributed by atoms with Crippen molar-refractivity contribution in [3.8, 4) is 11.5 Å². The Morgan fingerprint density at radius 1 is 1.12 bits per heavy atom. The van der Waals surface area contributed by atoms with Crippen LogP contribution in [0.2, 0.25) is 0 Å². The van der Waals surface area contributed by atoms with Crippen molar-refractivity contribution in [2.45, 2.75) is 6.61 Å². The number of Topliss-reactive ketones (excluding diaryl/α,β-unsaturated/α-hetero) is 1. The van der Waals surface area contributed by atoms with Crippen LogP contribution in [0, 0.1) is 5.82 Å². The number of ketones is 1. The zero-order valence-electron chi connectivity index (χ0n) is 12.2. The first kappa shape index (κ1) is 15.5. The molecule has 0 bridgehead atoms. The van der Waals surface area contributed by atoms with E-state index >= 15 is 0 Å². The van der Waals surface area contributed by atoms with Gasteiger partial charge in [0.05, 0.1) is 0 Å². The number of furan rings is 1. The van der Waals surface area contributed by atoms with Gasteiger partial charge in [0.25, 0.3) is 0 Å². The Bertz CT molecular complexity index is 926.